The molecule has 0 heterocycles. The quantitative estimate of drug-likeness (QED) is 0.317. The van der Waals surface area contributed by atoms with Gasteiger partial charge in [-0.05, 0) is 25.7 Å². The summed E-state index contributed by atoms with van der Waals surface area (Å²) < 4.78 is 18.3. The second-order valence-electron chi connectivity index (χ2n) is 5.20. The summed E-state index contributed by atoms with van der Waals surface area (Å²) in [4.78, 5) is 0. The molecule has 0 aliphatic heterocycles. The molecule has 0 atom stereocenters. The summed E-state index contributed by atoms with van der Waals surface area (Å²) in [6.07, 6.45) is 8.76. The van der Waals surface area contributed by atoms with Gasteiger partial charge in [-0.3, -0.25) is 0 Å². The third kappa shape index (κ3) is 9.92. The van der Waals surface area contributed by atoms with Crippen LogP contribution in [0.1, 0.15) is 79.1 Å². The molecule has 121 valence electrons. The van der Waals surface area contributed by atoms with Crippen molar-refractivity contribution in [3.05, 3.63) is 6.04 Å². The van der Waals surface area contributed by atoms with Crippen LogP contribution >= 0.6 is 0 Å². The molecule has 0 aromatic carbocycles. The average molecular weight is 304 g/mol. The Kier molecular flexibility index (Phi) is 14.1. The molecule has 0 rings (SSSR count). The molecule has 0 aromatic rings. The summed E-state index contributed by atoms with van der Waals surface area (Å²) >= 11 is 0. The first-order valence-corrected chi connectivity index (χ1v) is 10.3. The zero-order valence-corrected chi connectivity index (χ0v) is 15.1. The number of hydrogen-bond acceptors (Lipinski definition) is 3. The molecule has 3 nitrogen and oxygen atoms in total. The lowest BCUT2D eigenvalue weighted by molar-refractivity contribution is 0.0631. The SMILES string of the molecule is CCC[CH][Si](OCCCC)(OCCCC)OCCCC. The Morgan fingerprint density at radius 2 is 1.05 bits per heavy atom. The molecule has 0 unspecified atom stereocenters. The van der Waals surface area contributed by atoms with Gasteiger partial charge in [0, 0.05) is 25.9 Å². The predicted octanol–water partition coefficient (Wildman–Crippen LogP) is 4.92. The monoisotopic (exact) mass is 303 g/mol. The molecule has 0 fully saturated rings. The van der Waals surface area contributed by atoms with Crippen molar-refractivity contribution >= 4 is 8.80 Å². The topological polar surface area (TPSA) is 27.7 Å². The van der Waals surface area contributed by atoms with Gasteiger partial charge in [0.05, 0.1) is 0 Å². The van der Waals surface area contributed by atoms with Crippen LogP contribution < -0.4 is 0 Å². The van der Waals surface area contributed by atoms with Crippen molar-refractivity contribution in [3.63, 3.8) is 0 Å². The second-order valence-corrected chi connectivity index (χ2v) is 7.68. The standard InChI is InChI=1S/C16H35O3Si/c1-5-9-13-17-20(16-12-8-4,18-14-10-6-2)19-15-11-7-3/h16H,5-15H2,1-4H3. The van der Waals surface area contributed by atoms with Crippen molar-refractivity contribution in [1.82, 2.24) is 0 Å². The van der Waals surface area contributed by atoms with Crippen molar-refractivity contribution in [2.75, 3.05) is 19.8 Å². The van der Waals surface area contributed by atoms with Crippen LogP contribution in [0.3, 0.4) is 0 Å². The molecular formula is C16H35O3Si. The fourth-order valence-corrected chi connectivity index (χ4v) is 4.23. The Labute approximate surface area is 127 Å². The van der Waals surface area contributed by atoms with Crippen molar-refractivity contribution in [3.8, 4) is 0 Å². The van der Waals surface area contributed by atoms with E-state index in [0.717, 1.165) is 71.2 Å². The normalized spacial score (nSPS) is 12.0. The maximum absolute atomic E-state index is 6.10. The highest BCUT2D eigenvalue weighted by Crippen LogP contribution is 2.19. The fourth-order valence-electron chi connectivity index (χ4n) is 1.70. The minimum absolute atomic E-state index is 0.751. The van der Waals surface area contributed by atoms with Crippen molar-refractivity contribution in [2.45, 2.75) is 79.1 Å². The smallest absolute Gasteiger partial charge is 0.373 e. The summed E-state index contributed by atoms with van der Waals surface area (Å²) in [5.41, 5.74) is 0. The predicted molar refractivity (Wildman–Crippen MR) is 87.5 cm³/mol. The van der Waals surface area contributed by atoms with Crippen LogP contribution in [0.5, 0.6) is 0 Å². The van der Waals surface area contributed by atoms with Crippen LogP contribution in [0.2, 0.25) is 0 Å². The lowest BCUT2D eigenvalue weighted by Gasteiger charge is -2.29. The molecular weight excluding hydrogens is 268 g/mol. The van der Waals surface area contributed by atoms with Crippen LogP contribution in [0.4, 0.5) is 0 Å². The van der Waals surface area contributed by atoms with Gasteiger partial charge >= 0.3 is 8.80 Å². The van der Waals surface area contributed by atoms with Gasteiger partial charge in [0.25, 0.3) is 0 Å². The van der Waals surface area contributed by atoms with E-state index in [9.17, 15) is 0 Å². The van der Waals surface area contributed by atoms with Crippen LogP contribution in [-0.4, -0.2) is 28.6 Å². The van der Waals surface area contributed by atoms with Gasteiger partial charge in [-0.2, -0.15) is 0 Å². The van der Waals surface area contributed by atoms with E-state index in [2.05, 4.69) is 33.7 Å². The third-order valence-corrected chi connectivity index (χ3v) is 5.69. The molecule has 0 aliphatic carbocycles. The lowest BCUT2D eigenvalue weighted by atomic mass is 10.4. The molecule has 20 heavy (non-hydrogen) atoms. The first kappa shape index (κ1) is 20.1. The van der Waals surface area contributed by atoms with Crippen molar-refractivity contribution in [2.24, 2.45) is 0 Å². The van der Waals surface area contributed by atoms with Gasteiger partial charge in [0.15, 0.2) is 0 Å². The van der Waals surface area contributed by atoms with Crippen LogP contribution in [0.25, 0.3) is 0 Å². The molecule has 1 radical (unpaired) electrons. The highest BCUT2D eigenvalue weighted by Gasteiger charge is 2.40. The van der Waals surface area contributed by atoms with Crippen LogP contribution in [0, 0.1) is 6.04 Å². The molecule has 0 bridgehead atoms. The summed E-state index contributed by atoms with van der Waals surface area (Å²) in [5, 5.41) is 0. The number of rotatable bonds is 15. The molecule has 0 saturated heterocycles. The fraction of sp³-hybridized carbons (Fsp3) is 0.938. The Morgan fingerprint density at radius 1 is 0.650 bits per heavy atom. The van der Waals surface area contributed by atoms with E-state index in [0.29, 0.717) is 0 Å². The molecule has 0 spiro atoms. The van der Waals surface area contributed by atoms with E-state index in [1.165, 1.54) is 0 Å². The molecule has 0 aliphatic rings. The van der Waals surface area contributed by atoms with E-state index < -0.39 is 8.80 Å². The lowest BCUT2D eigenvalue weighted by Crippen LogP contribution is -2.47. The van der Waals surface area contributed by atoms with Gasteiger partial charge in [0.2, 0.25) is 0 Å². The summed E-state index contributed by atoms with van der Waals surface area (Å²) in [5.74, 6) is 0. The minimum Gasteiger partial charge on any atom is -0.373 e. The van der Waals surface area contributed by atoms with E-state index in [4.69, 9.17) is 13.3 Å². The van der Waals surface area contributed by atoms with E-state index in [1.807, 2.05) is 0 Å². The third-order valence-electron chi connectivity index (χ3n) is 3.09. The Bertz CT molecular complexity index is 174. The minimum atomic E-state index is -2.55. The van der Waals surface area contributed by atoms with E-state index in [-0.39, 0.29) is 0 Å². The van der Waals surface area contributed by atoms with Gasteiger partial charge in [-0.1, -0.05) is 53.4 Å². The summed E-state index contributed by atoms with van der Waals surface area (Å²) in [7, 11) is -2.55. The molecule has 4 heteroatoms. The van der Waals surface area contributed by atoms with Crippen molar-refractivity contribution < 1.29 is 13.3 Å². The van der Waals surface area contributed by atoms with Crippen LogP contribution in [0.15, 0.2) is 0 Å². The van der Waals surface area contributed by atoms with E-state index >= 15 is 0 Å². The highest BCUT2D eigenvalue weighted by molar-refractivity contribution is 6.64. The first-order chi connectivity index (χ1) is 9.74. The van der Waals surface area contributed by atoms with Gasteiger partial charge in [-0.15, -0.1) is 0 Å². The van der Waals surface area contributed by atoms with Gasteiger partial charge in [-0.25, -0.2) is 0 Å². The zero-order valence-electron chi connectivity index (χ0n) is 14.1. The maximum atomic E-state index is 6.10. The van der Waals surface area contributed by atoms with Gasteiger partial charge < -0.3 is 13.3 Å². The molecule has 0 N–H and O–H groups in total. The molecule has 0 amide bonds. The Hall–Kier alpha value is 0.0969. The van der Waals surface area contributed by atoms with Gasteiger partial charge in [0.1, 0.15) is 0 Å². The molecule has 0 saturated carbocycles. The van der Waals surface area contributed by atoms with Crippen LogP contribution in [-0.2, 0) is 13.3 Å². The zero-order chi connectivity index (χ0) is 15.1. The Balaban J connectivity index is 4.48. The van der Waals surface area contributed by atoms with Crippen molar-refractivity contribution in [1.29, 1.82) is 0 Å². The highest BCUT2D eigenvalue weighted by atomic mass is 28.4. The Morgan fingerprint density at radius 3 is 1.35 bits per heavy atom. The first-order valence-electron chi connectivity index (χ1n) is 8.50. The van der Waals surface area contributed by atoms with E-state index in [1.54, 1.807) is 0 Å². The average Bonchev–Trinajstić information content (AvgIpc) is 2.46. The number of unbranched alkanes of at least 4 members (excludes halogenated alkanes) is 4. The summed E-state index contributed by atoms with van der Waals surface area (Å²) in [6, 6.07) is 2.20. The number of hydrogen-bond donors (Lipinski definition) is 0. The molecule has 0 aromatic heterocycles. The maximum Gasteiger partial charge on any atom is 0.504 e. The largest absolute Gasteiger partial charge is 0.504 e. The second kappa shape index (κ2) is 14.1. The summed E-state index contributed by atoms with van der Waals surface area (Å²) in [6.45, 7) is 11.0.